The standard InChI is InChI=1S/C25H26F3NO4/c1-5-29-20-12-17(15(2)10-19(20)24(3,4)13-22(29)30)18-11-16(7-9-23(31)32)6-8-21(18)33-14-25(26,27)28/h6-12H,5,13-14H2,1-4H3,(H,31,32). The largest absolute Gasteiger partial charge is 0.483 e. The van der Waals surface area contributed by atoms with Gasteiger partial charge in [0.05, 0.1) is 0 Å². The number of rotatable bonds is 6. The maximum absolute atomic E-state index is 12.8. The highest BCUT2D eigenvalue weighted by molar-refractivity contribution is 5.99. The van der Waals surface area contributed by atoms with Crippen LogP contribution < -0.4 is 9.64 Å². The van der Waals surface area contributed by atoms with Crippen molar-refractivity contribution in [2.24, 2.45) is 0 Å². The highest BCUT2D eigenvalue weighted by Gasteiger charge is 2.37. The number of alkyl halides is 3. The molecule has 3 rings (SSSR count). The maximum Gasteiger partial charge on any atom is 0.422 e. The van der Waals surface area contributed by atoms with Crippen molar-refractivity contribution in [2.45, 2.75) is 45.7 Å². The highest BCUT2D eigenvalue weighted by Crippen LogP contribution is 2.45. The van der Waals surface area contributed by atoms with Crippen LogP contribution in [0.3, 0.4) is 0 Å². The van der Waals surface area contributed by atoms with Crippen molar-refractivity contribution in [2.75, 3.05) is 18.1 Å². The highest BCUT2D eigenvalue weighted by atomic mass is 19.4. The fourth-order valence-corrected chi connectivity index (χ4v) is 4.12. The molecule has 0 saturated heterocycles. The molecule has 176 valence electrons. The first-order valence-electron chi connectivity index (χ1n) is 10.5. The third kappa shape index (κ3) is 5.38. The van der Waals surface area contributed by atoms with E-state index >= 15 is 0 Å². The number of anilines is 1. The van der Waals surface area contributed by atoms with E-state index in [0.717, 1.165) is 17.2 Å². The van der Waals surface area contributed by atoms with E-state index in [1.807, 2.05) is 39.8 Å². The summed E-state index contributed by atoms with van der Waals surface area (Å²) in [7, 11) is 0. The third-order valence-corrected chi connectivity index (χ3v) is 5.68. The normalized spacial score (nSPS) is 15.6. The zero-order valence-electron chi connectivity index (χ0n) is 18.9. The second kappa shape index (κ2) is 8.92. The van der Waals surface area contributed by atoms with Crippen LogP contribution in [-0.2, 0) is 15.0 Å². The number of halogens is 3. The van der Waals surface area contributed by atoms with Gasteiger partial charge in [-0.2, -0.15) is 13.2 Å². The number of carboxylic acid groups (broad SMARTS) is 1. The number of ether oxygens (including phenoxy) is 1. The molecule has 33 heavy (non-hydrogen) atoms. The lowest BCUT2D eigenvalue weighted by Gasteiger charge is -2.39. The van der Waals surface area contributed by atoms with Gasteiger partial charge < -0.3 is 14.7 Å². The summed E-state index contributed by atoms with van der Waals surface area (Å²) in [5, 5.41) is 8.92. The van der Waals surface area contributed by atoms with E-state index < -0.39 is 18.8 Å². The quantitative estimate of drug-likeness (QED) is 0.558. The number of hydrogen-bond acceptors (Lipinski definition) is 3. The predicted molar refractivity (Wildman–Crippen MR) is 121 cm³/mol. The Labute approximate surface area is 190 Å². The molecule has 0 atom stereocenters. The number of amides is 1. The van der Waals surface area contributed by atoms with Gasteiger partial charge in [-0.3, -0.25) is 4.79 Å². The average molecular weight is 461 g/mol. The number of carbonyl (C=O) groups excluding carboxylic acids is 1. The smallest absolute Gasteiger partial charge is 0.422 e. The molecule has 0 unspecified atom stereocenters. The van der Waals surface area contributed by atoms with E-state index in [9.17, 15) is 22.8 Å². The van der Waals surface area contributed by atoms with E-state index in [2.05, 4.69) is 0 Å². The Kier molecular flexibility index (Phi) is 6.58. The lowest BCUT2D eigenvalue weighted by molar-refractivity contribution is -0.153. The van der Waals surface area contributed by atoms with Crippen LogP contribution in [0.2, 0.25) is 0 Å². The number of carboxylic acids is 1. The molecule has 0 spiro atoms. The minimum absolute atomic E-state index is 0.0171. The van der Waals surface area contributed by atoms with Gasteiger partial charge in [0, 0.05) is 35.7 Å². The summed E-state index contributed by atoms with van der Waals surface area (Å²) < 4.78 is 43.7. The summed E-state index contributed by atoms with van der Waals surface area (Å²) in [5.74, 6) is -1.14. The number of aliphatic carboxylic acids is 1. The van der Waals surface area contributed by atoms with Gasteiger partial charge >= 0.3 is 12.1 Å². The van der Waals surface area contributed by atoms with E-state index in [4.69, 9.17) is 9.84 Å². The fourth-order valence-electron chi connectivity index (χ4n) is 4.12. The van der Waals surface area contributed by atoms with Gasteiger partial charge in [0.2, 0.25) is 5.91 Å². The van der Waals surface area contributed by atoms with Crippen molar-refractivity contribution < 1.29 is 32.6 Å². The molecule has 0 fully saturated rings. The van der Waals surface area contributed by atoms with Crippen molar-refractivity contribution in [3.63, 3.8) is 0 Å². The van der Waals surface area contributed by atoms with E-state index in [1.54, 1.807) is 11.0 Å². The Bertz CT molecular complexity index is 1120. The molecule has 1 aliphatic heterocycles. The van der Waals surface area contributed by atoms with Gasteiger partial charge in [-0.25, -0.2) is 4.79 Å². The molecule has 0 bridgehead atoms. The monoisotopic (exact) mass is 461 g/mol. The first-order valence-corrected chi connectivity index (χ1v) is 10.5. The Morgan fingerprint density at radius 3 is 2.52 bits per heavy atom. The zero-order valence-corrected chi connectivity index (χ0v) is 18.9. The molecule has 0 saturated carbocycles. The predicted octanol–water partition coefficient (Wildman–Crippen LogP) is 5.74. The zero-order chi connectivity index (χ0) is 24.6. The lowest BCUT2D eigenvalue weighted by Crippen LogP contribution is -2.41. The molecular formula is C25H26F3NO4. The summed E-state index contributed by atoms with van der Waals surface area (Å²) in [6.07, 6.45) is -1.84. The molecule has 1 N–H and O–H groups in total. The van der Waals surface area contributed by atoms with E-state index in [0.29, 0.717) is 35.3 Å². The molecule has 1 heterocycles. The van der Waals surface area contributed by atoms with Gasteiger partial charge in [0.25, 0.3) is 0 Å². The van der Waals surface area contributed by atoms with E-state index in [-0.39, 0.29) is 17.1 Å². The van der Waals surface area contributed by atoms with Crippen LogP contribution in [0.15, 0.2) is 36.4 Å². The number of nitrogens with zero attached hydrogens (tertiary/aromatic N) is 1. The molecule has 2 aromatic carbocycles. The van der Waals surface area contributed by atoms with Gasteiger partial charge in [-0.1, -0.05) is 26.0 Å². The summed E-state index contributed by atoms with van der Waals surface area (Å²) in [6.45, 7) is 6.71. The molecule has 0 aromatic heterocycles. The molecule has 5 nitrogen and oxygen atoms in total. The third-order valence-electron chi connectivity index (χ3n) is 5.68. The van der Waals surface area contributed by atoms with Crippen molar-refractivity contribution >= 4 is 23.6 Å². The van der Waals surface area contributed by atoms with Gasteiger partial charge in [0.15, 0.2) is 6.61 Å². The second-order valence-corrected chi connectivity index (χ2v) is 8.71. The Balaban J connectivity index is 2.21. The van der Waals surface area contributed by atoms with Crippen LogP contribution in [0.5, 0.6) is 5.75 Å². The first kappa shape index (κ1) is 24.4. The number of aryl methyl sites for hydroxylation is 1. The van der Waals surface area contributed by atoms with Crippen LogP contribution >= 0.6 is 0 Å². The topological polar surface area (TPSA) is 66.8 Å². The average Bonchev–Trinajstić information content (AvgIpc) is 2.70. The first-order chi connectivity index (χ1) is 15.3. The molecule has 0 aliphatic carbocycles. The SMILES string of the molecule is CCN1C(=O)CC(C)(C)c2cc(C)c(-c3cc(C=CC(=O)O)ccc3OCC(F)(F)F)cc21. The Hall–Kier alpha value is -3.29. The molecule has 1 aliphatic rings. The number of benzene rings is 2. The fraction of sp³-hybridized carbons (Fsp3) is 0.360. The minimum Gasteiger partial charge on any atom is -0.483 e. The van der Waals surface area contributed by atoms with Crippen molar-refractivity contribution in [3.8, 4) is 16.9 Å². The van der Waals surface area contributed by atoms with Crippen LogP contribution in [-0.4, -0.2) is 36.3 Å². The molecule has 2 aromatic rings. The summed E-state index contributed by atoms with van der Waals surface area (Å²) in [6, 6.07) is 8.26. The lowest BCUT2D eigenvalue weighted by atomic mass is 9.75. The van der Waals surface area contributed by atoms with Crippen molar-refractivity contribution in [1.82, 2.24) is 0 Å². The molecule has 1 amide bonds. The summed E-state index contributed by atoms with van der Waals surface area (Å²) >= 11 is 0. The minimum atomic E-state index is -4.51. The number of hydrogen-bond donors (Lipinski definition) is 1. The van der Waals surface area contributed by atoms with Gasteiger partial charge in [-0.05, 0) is 60.4 Å². The summed E-state index contributed by atoms with van der Waals surface area (Å²) in [4.78, 5) is 25.3. The Morgan fingerprint density at radius 2 is 1.91 bits per heavy atom. The van der Waals surface area contributed by atoms with Crippen LogP contribution in [0.25, 0.3) is 17.2 Å². The molecule has 0 radical (unpaired) electrons. The van der Waals surface area contributed by atoms with Crippen LogP contribution in [0.1, 0.15) is 43.9 Å². The van der Waals surface area contributed by atoms with E-state index in [1.165, 1.54) is 18.2 Å². The van der Waals surface area contributed by atoms with Gasteiger partial charge in [0.1, 0.15) is 5.75 Å². The maximum atomic E-state index is 12.8. The van der Waals surface area contributed by atoms with Gasteiger partial charge in [-0.15, -0.1) is 0 Å². The second-order valence-electron chi connectivity index (χ2n) is 8.71. The van der Waals surface area contributed by atoms with Crippen LogP contribution in [0.4, 0.5) is 18.9 Å². The molecular weight excluding hydrogens is 435 g/mol. The summed E-state index contributed by atoms with van der Waals surface area (Å²) in [5.41, 5.74) is 3.62. The Morgan fingerprint density at radius 1 is 1.21 bits per heavy atom. The number of carbonyl (C=O) groups is 2. The van der Waals surface area contributed by atoms with Crippen molar-refractivity contribution in [3.05, 3.63) is 53.1 Å². The molecule has 8 heteroatoms. The van der Waals surface area contributed by atoms with Crippen molar-refractivity contribution in [1.29, 1.82) is 0 Å². The van der Waals surface area contributed by atoms with Crippen LogP contribution in [0, 0.1) is 6.92 Å². The number of fused-ring (bicyclic) bond motifs is 1.